The number of aromatic carboxylic acids is 1. The van der Waals surface area contributed by atoms with Gasteiger partial charge in [-0.15, -0.1) is 0 Å². The molecule has 2 N–H and O–H groups in total. The van der Waals surface area contributed by atoms with Crippen LogP contribution in [-0.2, 0) is 6.54 Å². The molecule has 0 saturated heterocycles. The van der Waals surface area contributed by atoms with E-state index in [0.29, 0.717) is 18.5 Å². The van der Waals surface area contributed by atoms with E-state index in [1.807, 2.05) is 22.9 Å². The average Bonchev–Trinajstić information content (AvgIpc) is 2.68. The summed E-state index contributed by atoms with van der Waals surface area (Å²) in [5.74, 6) is -0.916. The number of carboxylic acids is 1. The number of hydrogen-bond donors (Lipinski definition) is 2. The molecule has 4 heteroatoms. The van der Waals surface area contributed by atoms with Crippen LogP contribution >= 0.6 is 0 Å². The maximum atomic E-state index is 11.1. The van der Waals surface area contributed by atoms with Crippen molar-refractivity contribution in [1.82, 2.24) is 4.57 Å². The molecule has 0 bridgehead atoms. The molecule has 0 aliphatic heterocycles. The highest BCUT2D eigenvalue weighted by Gasteiger charge is 2.14. The summed E-state index contributed by atoms with van der Waals surface area (Å²) in [5.41, 5.74) is 0.481. The largest absolute Gasteiger partial charge is 0.478 e. The Morgan fingerprint density at radius 1 is 1.33 bits per heavy atom. The molecule has 18 heavy (non-hydrogen) atoms. The fourth-order valence-corrected chi connectivity index (χ4v) is 2.00. The van der Waals surface area contributed by atoms with E-state index in [-0.39, 0.29) is 0 Å². The SMILES string of the molecule is CC(C)(O)CCn1ccc2c(C(=O)O)cccc21. The van der Waals surface area contributed by atoms with Crippen molar-refractivity contribution in [2.24, 2.45) is 0 Å². The molecule has 0 radical (unpaired) electrons. The van der Waals surface area contributed by atoms with Crippen LogP contribution in [0.1, 0.15) is 30.6 Å². The maximum Gasteiger partial charge on any atom is 0.336 e. The minimum absolute atomic E-state index is 0.314. The number of nitrogens with zero attached hydrogens (tertiary/aromatic N) is 1. The van der Waals surface area contributed by atoms with Crippen molar-refractivity contribution in [2.75, 3.05) is 0 Å². The monoisotopic (exact) mass is 247 g/mol. The highest BCUT2D eigenvalue weighted by Crippen LogP contribution is 2.21. The predicted octanol–water partition coefficient (Wildman–Crippen LogP) is 2.50. The van der Waals surface area contributed by atoms with Crippen molar-refractivity contribution in [1.29, 1.82) is 0 Å². The average molecular weight is 247 g/mol. The summed E-state index contributed by atoms with van der Waals surface area (Å²) in [6.45, 7) is 4.19. The first kappa shape index (κ1) is 12.6. The summed E-state index contributed by atoms with van der Waals surface area (Å²) in [6.07, 6.45) is 2.48. The molecule has 2 aromatic rings. The summed E-state index contributed by atoms with van der Waals surface area (Å²) in [5, 5.41) is 19.6. The Balaban J connectivity index is 2.37. The Hall–Kier alpha value is -1.81. The number of hydrogen-bond acceptors (Lipinski definition) is 2. The standard InChI is InChI=1S/C14H17NO3/c1-14(2,18)7-9-15-8-6-10-11(13(16)17)4-3-5-12(10)15/h3-6,8,18H,7,9H2,1-2H3,(H,16,17). The van der Waals surface area contributed by atoms with Gasteiger partial charge in [0, 0.05) is 23.6 Å². The first-order chi connectivity index (χ1) is 8.38. The molecule has 0 amide bonds. The number of rotatable bonds is 4. The van der Waals surface area contributed by atoms with Gasteiger partial charge in [-0.1, -0.05) is 6.07 Å². The first-order valence-electron chi connectivity index (χ1n) is 5.92. The number of fused-ring (bicyclic) bond motifs is 1. The third-order valence-electron chi connectivity index (χ3n) is 3.01. The van der Waals surface area contributed by atoms with E-state index in [0.717, 1.165) is 10.9 Å². The molecular formula is C14H17NO3. The maximum absolute atomic E-state index is 11.1. The number of aliphatic hydroxyl groups is 1. The number of carboxylic acid groups (broad SMARTS) is 1. The Bertz CT molecular complexity index is 578. The lowest BCUT2D eigenvalue weighted by molar-refractivity contribution is 0.0663. The number of carbonyl (C=O) groups is 1. The minimum atomic E-state index is -0.916. The van der Waals surface area contributed by atoms with Crippen molar-refractivity contribution in [3.05, 3.63) is 36.0 Å². The Labute approximate surface area is 105 Å². The van der Waals surface area contributed by atoms with Gasteiger partial charge in [0.15, 0.2) is 0 Å². The molecule has 0 aliphatic carbocycles. The van der Waals surface area contributed by atoms with Crippen LogP contribution < -0.4 is 0 Å². The zero-order valence-electron chi connectivity index (χ0n) is 10.6. The first-order valence-corrected chi connectivity index (χ1v) is 5.92. The highest BCUT2D eigenvalue weighted by molar-refractivity contribution is 6.02. The Morgan fingerprint density at radius 2 is 2.06 bits per heavy atom. The van der Waals surface area contributed by atoms with E-state index in [2.05, 4.69) is 0 Å². The van der Waals surface area contributed by atoms with Crippen molar-refractivity contribution in [3.63, 3.8) is 0 Å². The molecule has 2 rings (SSSR count). The smallest absolute Gasteiger partial charge is 0.336 e. The number of aromatic nitrogens is 1. The van der Waals surface area contributed by atoms with Gasteiger partial charge in [-0.3, -0.25) is 0 Å². The third kappa shape index (κ3) is 2.54. The molecule has 1 heterocycles. The normalized spacial score (nSPS) is 11.9. The quantitative estimate of drug-likeness (QED) is 0.872. The summed E-state index contributed by atoms with van der Waals surface area (Å²) in [6, 6.07) is 7.05. The molecule has 96 valence electrons. The lowest BCUT2D eigenvalue weighted by Gasteiger charge is -2.17. The number of aryl methyl sites for hydroxylation is 1. The lowest BCUT2D eigenvalue weighted by atomic mass is 10.1. The lowest BCUT2D eigenvalue weighted by Crippen LogP contribution is -2.20. The molecule has 1 aromatic carbocycles. The van der Waals surface area contributed by atoms with Gasteiger partial charge in [0.05, 0.1) is 11.2 Å². The van der Waals surface area contributed by atoms with Crippen molar-refractivity contribution >= 4 is 16.9 Å². The van der Waals surface area contributed by atoms with E-state index in [4.69, 9.17) is 5.11 Å². The fraction of sp³-hybridized carbons (Fsp3) is 0.357. The summed E-state index contributed by atoms with van der Waals surface area (Å²) in [4.78, 5) is 11.1. The summed E-state index contributed by atoms with van der Waals surface area (Å²) >= 11 is 0. The van der Waals surface area contributed by atoms with E-state index >= 15 is 0 Å². The fourth-order valence-electron chi connectivity index (χ4n) is 2.00. The third-order valence-corrected chi connectivity index (χ3v) is 3.01. The Morgan fingerprint density at radius 3 is 2.67 bits per heavy atom. The highest BCUT2D eigenvalue weighted by atomic mass is 16.4. The van der Waals surface area contributed by atoms with Gasteiger partial charge in [0.2, 0.25) is 0 Å². The van der Waals surface area contributed by atoms with Crippen LogP contribution in [0.15, 0.2) is 30.5 Å². The second-order valence-electron chi connectivity index (χ2n) is 5.12. The van der Waals surface area contributed by atoms with Gasteiger partial charge < -0.3 is 14.8 Å². The second kappa shape index (κ2) is 4.46. The van der Waals surface area contributed by atoms with Crippen LogP contribution in [-0.4, -0.2) is 26.4 Å². The summed E-state index contributed by atoms with van der Waals surface area (Å²) in [7, 11) is 0. The van der Waals surface area contributed by atoms with Crippen LogP contribution in [0, 0.1) is 0 Å². The van der Waals surface area contributed by atoms with Crippen molar-refractivity contribution in [3.8, 4) is 0 Å². The van der Waals surface area contributed by atoms with Gasteiger partial charge in [-0.25, -0.2) is 4.79 Å². The van der Waals surface area contributed by atoms with E-state index in [9.17, 15) is 9.90 Å². The van der Waals surface area contributed by atoms with Crippen LogP contribution in [0.2, 0.25) is 0 Å². The molecule has 0 saturated carbocycles. The minimum Gasteiger partial charge on any atom is -0.478 e. The van der Waals surface area contributed by atoms with Crippen molar-refractivity contribution in [2.45, 2.75) is 32.4 Å². The molecule has 0 aliphatic rings. The topological polar surface area (TPSA) is 62.5 Å². The molecule has 4 nitrogen and oxygen atoms in total. The van der Waals surface area contributed by atoms with Gasteiger partial charge in [-0.05, 0) is 38.5 Å². The Kier molecular flexibility index (Phi) is 3.13. The zero-order valence-corrected chi connectivity index (χ0v) is 10.6. The number of benzene rings is 1. The van der Waals surface area contributed by atoms with E-state index in [1.54, 1.807) is 26.0 Å². The van der Waals surface area contributed by atoms with E-state index < -0.39 is 11.6 Å². The molecule has 0 fully saturated rings. The molecule has 1 aromatic heterocycles. The second-order valence-corrected chi connectivity index (χ2v) is 5.12. The van der Waals surface area contributed by atoms with Gasteiger partial charge >= 0.3 is 5.97 Å². The van der Waals surface area contributed by atoms with Gasteiger partial charge in [0.1, 0.15) is 0 Å². The molecular weight excluding hydrogens is 230 g/mol. The van der Waals surface area contributed by atoms with Crippen LogP contribution in [0.25, 0.3) is 10.9 Å². The summed E-state index contributed by atoms with van der Waals surface area (Å²) < 4.78 is 1.97. The van der Waals surface area contributed by atoms with Crippen LogP contribution in [0.4, 0.5) is 0 Å². The van der Waals surface area contributed by atoms with Crippen molar-refractivity contribution < 1.29 is 15.0 Å². The van der Waals surface area contributed by atoms with Crippen LogP contribution in [0.3, 0.4) is 0 Å². The zero-order chi connectivity index (χ0) is 13.3. The molecule has 0 unspecified atom stereocenters. The molecule has 0 spiro atoms. The van der Waals surface area contributed by atoms with E-state index in [1.165, 1.54) is 0 Å². The van der Waals surface area contributed by atoms with Gasteiger partial charge in [0.25, 0.3) is 0 Å². The predicted molar refractivity (Wildman–Crippen MR) is 69.8 cm³/mol. The molecule has 0 atom stereocenters. The van der Waals surface area contributed by atoms with Gasteiger partial charge in [-0.2, -0.15) is 0 Å². The van der Waals surface area contributed by atoms with Crippen LogP contribution in [0.5, 0.6) is 0 Å².